The van der Waals surface area contributed by atoms with Gasteiger partial charge in [-0.1, -0.05) is 6.07 Å². The van der Waals surface area contributed by atoms with Gasteiger partial charge in [0.1, 0.15) is 11.6 Å². The molecule has 0 heterocycles. The Bertz CT molecular complexity index is 618. The van der Waals surface area contributed by atoms with Crippen LogP contribution in [-0.2, 0) is 0 Å². The van der Waals surface area contributed by atoms with Crippen LogP contribution < -0.4 is 11.1 Å². The summed E-state index contributed by atoms with van der Waals surface area (Å²) in [5.74, 6) is -1.56. The molecule has 5 heteroatoms. The molecule has 0 saturated heterocycles. The molecule has 0 radical (unpaired) electrons. The van der Waals surface area contributed by atoms with Crippen molar-refractivity contribution in [3.8, 4) is 0 Å². The number of nitrogens with two attached hydrogens (primary N) is 1. The lowest BCUT2D eigenvalue weighted by atomic mass is 10.1. The van der Waals surface area contributed by atoms with Crippen LogP contribution in [-0.4, -0.2) is 5.91 Å². The average Bonchev–Trinajstić information content (AvgIpc) is 2.35. The number of nitrogen functional groups attached to an aromatic ring is 1. The van der Waals surface area contributed by atoms with Gasteiger partial charge in [-0.3, -0.25) is 4.79 Å². The fourth-order valence-electron chi connectivity index (χ4n) is 1.60. The molecule has 98 valence electrons. The van der Waals surface area contributed by atoms with Crippen LogP contribution in [0.15, 0.2) is 36.4 Å². The highest BCUT2D eigenvalue weighted by Crippen LogP contribution is 2.19. The number of hydrogen-bond donors (Lipinski definition) is 2. The van der Waals surface area contributed by atoms with Crippen molar-refractivity contribution in [2.75, 3.05) is 11.1 Å². The molecule has 0 bridgehead atoms. The fraction of sp³-hybridized carbons (Fsp3) is 0.0714. The summed E-state index contributed by atoms with van der Waals surface area (Å²) in [5, 5.41) is 2.47. The molecule has 0 saturated carbocycles. The number of hydrogen-bond acceptors (Lipinski definition) is 2. The number of rotatable bonds is 2. The lowest BCUT2D eigenvalue weighted by Crippen LogP contribution is -2.13. The lowest BCUT2D eigenvalue weighted by Gasteiger charge is -2.08. The van der Waals surface area contributed by atoms with Crippen molar-refractivity contribution in [1.29, 1.82) is 0 Å². The topological polar surface area (TPSA) is 55.1 Å². The van der Waals surface area contributed by atoms with Crippen molar-refractivity contribution in [2.45, 2.75) is 6.92 Å². The van der Waals surface area contributed by atoms with Crippen LogP contribution in [0.2, 0.25) is 0 Å². The summed E-state index contributed by atoms with van der Waals surface area (Å²) < 4.78 is 26.5. The smallest absolute Gasteiger partial charge is 0.255 e. The minimum Gasteiger partial charge on any atom is -0.398 e. The summed E-state index contributed by atoms with van der Waals surface area (Å²) in [7, 11) is 0. The standard InChI is InChI=1S/C14H12F2N2O/c1-8-12(16)5-9(6-13(8)17)14(19)18-11-4-2-3-10(15)7-11/h2-7H,17H2,1H3,(H,18,19). The zero-order chi connectivity index (χ0) is 14.0. The van der Waals surface area contributed by atoms with Crippen LogP contribution in [0.1, 0.15) is 15.9 Å². The van der Waals surface area contributed by atoms with Gasteiger partial charge in [-0.2, -0.15) is 0 Å². The first-order valence-electron chi connectivity index (χ1n) is 5.60. The van der Waals surface area contributed by atoms with E-state index in [0.717, 1.165) is 6.07 Å². The van der Waals surface area contributed by atoms with Gasteiger partial charge in [-0.05, 0) is 37.3 Å². The first kappa shape index (κ1) is 13.0. The van der Waals surface area contributed by atoms with Gasteiger partial charge in [-0.15, -0.1) is 0 Å². The van der Waals surface area contributed by atoms with Crippen molar-refractivity contribution < 1.29 is 13.6 Å². The average molecular weight is 262 g/mol. The molecule has 2 aromatic carbocycles. The minimum atomic E-state index is -0.551. The number of carbonyl (C=O) groups excluding carboxylic acids is 1. The van der Waals surface area contributed by atoms with Crippen molar-refractivity contribution in [2.24, 2.45) is 0 Å². The predicted octanol–water partition coefficient (Wildman–Crippen LogP) is 3.11. The fourth-order valence-corrected chi connectivity index (χ4v) is 1.60. The highest BCUT2D eigenvalue weighted by atomic mass is 19.1. The monoisotopic (exact) mass is 262 g/mol. The van der Waals surface area contributed by atoms with Crippen molar-refractivity contribution >= 4 is 17.3 Å². The van der Waals surface area contributed by atoms with Gasteiger partial charge in [0.15, 0.2) is 0 Å². The van der Waals surface area contributed by atoms with Crippen molar-refractivity contribution in [3.05, 3.63) is 59.2 Å². The molecule has 2 aromatic rings. The maximum absolute atomic E-state index is 13.5. The number of benzene rings is 2. The molecule has 0 spiro atoms. The summed E-state index contributed by atoms with van der Waals surface area (Å²) in [6, 6.07) is 7.92. The van der Waals surface area contributed by atoms with E-state index in [1.165, 1.54) is 37.3 Å². The quantitative estimate of drug-likeness (QED) is 0.817. The maximum atomic E-state index is 13.5. The molecular formula is C14H12F2N2O. The molecule has 0 unspecified atom stereocenters. The van der Waals surface area contributed by atoms with E-state index < -0.39 is 17.5 Å². The van der Waals surface area contributed by atoms with Gasteiger partial charge in [0.2, 0.25) is 0 Å². The molecule has 0 aromatic heterocycles. The highest BCUT2D eigenvalue weighted by molar-refractivity contribution is 6.04. The Morgan fingerprint density at radius 2 is 1.95 bits per heavy atom. The largest absolute Gasteiger partial charge is 0.398 e. The van der Waals surface area contributed by atoms with Gasteiger partial charge in [0, 0.05) is 22.5 Å². The summed E-state index contributed by atoms with van der Waals surface area (Å²) in [6.45, 7) is 1.53. The number of anilines is 2. The summed E-state index contributed by atoms with van der Waals surface area (Å²) in [6.07, 6.45) is 0. The van der Waals surface area contributed by atoms with Crippen LogP contribution >= 0.6 is 0 Å². The molecule has 19 heavy (non-hydrogen) atoms. The molecule has 3 nitrogen and oxygen atoms in total. The molecule has 2 rings (SSSR count). The molecular weight excluding hydrogens is 250 g/mol. The molecule has 3 N–H and O–H groups in total. The zero-order valence-electron chi connectivity index (χ0n) is 10.2. The zero-order valence-corrected chi connectivity index (χ0v) is 10.2. The Labute approximate surface area is 109 Å². The summed E-state index contributed by atoms with van der Waals surface area (Å²) in [5.41, 5.74) is 6.47. The second-order valence-electron chi connectivity index (χ2n) is 4.14. The van der Waals surface area contributed by atoms with E-state index >= 15 is 0 Å². The van der Waals surface area contributed by atoms with E-state index in [4.69, 9.17) is 5.73 Å². The molecule has 0 aliphatic rings. The molecule has 0 aliphatic heterocycles. The van der Waals surface area contributed by atoms with Crippen LogP contribution in [0.3, 0.4) is 0 Å². The normalized spacial score (nSPS) is 10.3. The second-order valence-corrected chi connectivity index (χ2v) is 4.14. The van der Waals surface area contributed by atoms with Gasteiger partial charge in [0.25, 0.3) is 5.91 Å². The van der Waals surface area contributed by atoms with Gasteiger partial charge in [0.05, 0.1) is 0 Å². The molecule has 0 fully saturated rings. The van der Waals surface area contributed by atoms with E-state index in [2.05, 4.69) is 5.32 Å². The van der Waals surface area contributed by atoms with E-state index in [1.54, 1.807) is 0 Å². The maximum Gasteiger partial charge on any atom is 0.255 e. The Balaban J connectivity index is 2.25. The van der Waals surface area contributed by atoms with E-state index in [9.17, 15) is 13.6 Å². The first-order chi connectivity index (χ1) is 8.97. The first-order valence-corrected chi connectivity index (χ1v) is 5.60. The molecule has 1 amide bonds. The van der Waals surface area contributed by atoms with Crippen LogP contribution in [0.4, 0.5) is 20.2 Å². The summed E-state index contributed by atoms with van der Waals surface area (Å²) >= 11 is 0. The molecule has 0 atom stereocenters. The minimum absolute atomic E-state index is 0.0878. The lowest BCUT2D eigenvalue weighted by molar-refractivity contribution is 0.102. The Hall–Kier alpha value is -2.43. The third-order valence-corrected chi connectivity index (χ3v) is 2.73. The van der Waals surface area contributed by atoms with E-state index in [1.807, 2.05) is 0 Å². The highest BCUT2D eigenvalue weighted by Gasteiger charge is 2.11. The number of nitrogens with one attached hydrogen (secondary N) is 1. The van der Waals surface area contributed by atoms with Crippen molar-refractivity contribution in [3.63, 3.8) is 0 Å². The van der Waals surface area contributed by atoms with E-state index in [-0.39, 0.29) is 11.3 Å². The predicted molar refractivity (Wildman–Crippen MR) is 69.9 cm³/mol. The van der Waals surface area contributed by atoms with Gasteiger partial charge in [-0.25, -0.2) is 8.78 Å². The third-order valence-electron chi connectivity index (χ3n) is 2.73. The van der Waals surface area contributed by atoms with Gasteiger partial charge < -0.3 is 11.1 Å². The van der Waals surface area contributed by atoms with Gasteiger partial charge >= 0.3 is 0 Å². The number of amides is 1. The second kappa shape index (κ2) is 5.06. The third kappa shape index (κ3) is 2.88. The van der Waals surface area contributed by atoms with E-state index in [0.29, 0.717) is 11.3 Å². The van der Waals surface area contributed by atoms with Crippen LogP contribution in [0.5, 0.6) is 0 Å². The number of carbonyl (C=O) groups is 1. The Morgan fingerprint density at radius 1 is 1.21 bits per heavy atom. The molecule has 0 aliphatic carbocycles. The SMILES string of the molecule is Cc1c(N)cc(C(=O)Nc2cccc(F)c2)cc1F. The Morgan fingerprint density at radius 3 is 2.58 bits per heavy atom. The Kier molecular flexibility index (Phi) is 3.46. The van der Waals surface area contributed by atoms with Crippen LogP contribution in [0, 0.1) is 18.6 Å². The number of halogens is 2. The van der Waals surface area contributed by atoms with Crippen LogP contribution in [0.25, 0.3) is 0 Å². The van der Waals surface area contributed by atoms with Crippen molar-refractivity contribution in [1.82, 2.24) is 0 Å². The summed E-state index contributed by atoms with van der Waals surface area (Å²) in [4.78, 5) is 11.9.